The molecule has 0 aliphatic carbocycles. The minimum Gasteiger partial charge on any atom is -0.203 e. The van der Waals surface area contributed by atoms with E-state index in [-0.39, 0.29) is 0 Å². The summed E-state index contributed by atoms with van der Waals surface area (Å²) in [5.41, 5.74) is 3.83. The van der Waals surface area contributed by atoms with Crippen molar-refractivity contribution in [2.45, 2.75) is 13.3 Å². The van der Waals surface area contributed by atoms with Crippen LogP contribution in [-0.2, 0) is 6.42 Å². The number of nitrogens with zero attached hydrogens (tertiary/aromatic N) is 2. The molecule has 1 aromatic carbocycles. The van der Waals surface area contributed by atoms with Crippen molar-refractivity contribution in [3.63, 3.8) is 0 Å². The Hall–Kier alpha value is -2.09. The zero-order valence-corrected chi connectivity index (χ0v) is 9.88. The molecule has 3 rings (SSSR count). The van der Waals surface area contributed by atoms with Gasteiger partial charge in [-0.1, -0.05) is 31.2 Å². The predicted octanol–water partition coefficient (Wildman–Crippen LogP) is 2.78. The molecule has 0 fully saturated rings. The molecular weight excluding hydrogens is 208 g/mol. The molecule has 2 heterocycles. The molecule has 0 saturated heterocycles. The van der Waals surface area contributed by atoms with Gasteiger partial charge in [-0.2, -0.15) is 4.57 Å². The van der Waals surface area contributed by atoms with E-state index in [1.54, 1.807) is 0 Å². The number of hydrogen-bond donors (Lipinski definition) is 0. The summed E-state index contributed by atoms with van der Waals surface area (Å²) in [6, 6.07) is 14.8. The highest BCUT2D eigenvalue weighted by atomic mass is 15.1. The molecule has 0 amide bonds. The summed E-state index contributed by atoms with van der Waals surface area (Å²) in [7, 11) is 0. The van der Waals surface area contributed by atoms with E-state index in [1.807, 2.05) is 6.07 Å². The van der Waals surface area contributed by atoms with Gasteiger partial charge >= 0.3 is 0 Å². The Bertz CT molecular complexity index is 653. The molecule has 17 heavy (non-hydrogen) atoms. The van der Waals surface area contributed by atoms with Crippen LogP contribution in [0.4, 0.5) is 0 Å². The van der Waals surface area contributed by atoms with Crippen molar-refractivity contribution in [1.82, 2.24) is 4.57 Å². The summed E-state index contributed by atoms with van der Waals surface area (Å²) >= 11 is 0. The smallest absolute Gasteiger partial charge is 0.203 e. The minimum atomic E-state index is 1.05. The van der Waals surface area contributed by atoms with Crippen molar-refractivity contribution in [3.05, 3.63) is 66.6 Å². The molecule has 3 aromatic rings. The molecule has 0 unspecified atom stereocenters. The molecule has 0 spiro atoms. The maximum atomic E-state index is 2.23. The third kappa shape index (κ3) is 1.62. The van der Waals surface area contributed by atoms with Gasteiger partial charge in [-0.15, -0.1) is 0 Å². The zero-order chi connectivity index (χ0) is 11.7. The normalized spacial score (nSPS) is 10.9. The average molecular weight is 223 g/mol. The Morgan fingerprint density at radius 2 is 1.82 bits per heavy atom. The fraction of sp³-hybridized carbons (Fsp3) is 0.133. The molecule has 0 radical (unpaired) electrons. The summed E-state index contributed by atoms with van der Waals surface area (Å²) in [4.78, 5) is 0. The van der Waals surface area contributed by atoms with Crippen LogP contribution in [0.2, 0.25) is 0 Å². The Morgan fingerprint density at radius 3 is 2.71 bits per heavy atom. The highest BCUT2D eigenvalue weighted by molar-refractivity contribution is 5.48. The van der Waals surface area contributed by atoms with E-state index < -0.39 is 0 Å². The minimum absolute atomic E-state index is 1.05. The fourth-order valence-corrected chi connectivity index (χ4v) is 2.24. The third-order valence-corrected chi connectivity index (χ3v) is 3.12. The van der Waals surface area contributed by atoms with Gasteiger partial charge in [-0.05, 0) is 24.1 Å². The lowest BCUT2D eigenvalue weighted by atomic mass is 10.1. The quantitative estimate of drug-likeness (QED) is 0.591. The first-order valence-corrected chi connectivity index (χ1v) is 5.96. The van der Waals surface area contributed by atoms with Crippen LogP contribution in [0, 0.1) is 0 Å². The number of fused-ring (bicyclic) bond motifs is 1. The molecule has 84 valence electrons. The third-order valence-electron chi connectivity index (χ3n) is 3.12. The first kappa shape index (κ1) is 10.1. The van der Waals surface area contributed by atoms with Crippen LogP contribution in [0.5, 0.6) is 0 Å². The SMILES string of the molecule is CCc1ccccc1-n1cc[n+]2ccccc12. The standard InChI is InChI=1S/C15H15N2/c1-2-13-7-3-4-8-14(13)17-12-11-16-10-6-5-9-15(16)17/h3-12H,2H2,1H3/q+1. The number of benzene rings is 1. The van der Waals surface area contributed by atoms with Gasteiger partial charge in [0.25, 0.3) is 5.65 Å². The molecule has 0 atom stereocenters. The molecule has 2 heteroatoms. The highest BCUT2D eigenvalue weighted by Gasteiger charge is 2.13. The van der Waals surface area contributed by atoms with Gasteiger partial charge in [0.15, 0.2) is 0 Å². The Kier molecular flexibility index (Phi) is 2.41. The highest BCUT2D eigenvalue weighted by Crippen LogP contribution is 2.16. The average Bonchev–Trinajstić information content (AvgIpc) is 2.82. The van der Waals surface area contributed by atoms with Gasteiger partial charge < -0.3 is 0 Å². The van der Waals surface area contributed by atoms with Crippen LogP contribution in [-0.4, -0.2) is 4.57 Å². The van der Waals surface area contributed by atoms with E-state index in [4.69, 9.17) is 0 Å². The number of para-hydroxylation sites is 1. The second-order valence-electron chi connectivity index (χ2n) is 4.12. The van der Waals surface area contributed by atoms with Crippen molar-refractivity contribution in [2.75, 3.05) is 0 Å². The van der Waals surface area contributed by atoms with Crippen molar-refractivity contribution in [2.24, 2.45) is 0 Å². The molecule has 2 nitrogen and oxygen atoms in total. The number of aryl methyl sites for hydroxylation is 1. The summed E-state index contributed by atoms with van der Waals surface area (Å²) < 4.78 is 4.37. The van der Waals surface area contributed by atoms with Crippen LogP contribution in [0.3, 0.4) is 0 Å². The van der Waals surface area contributed by atoms with Crippen LogP contribution < -0.4 is 4.40 Å². The summed E-state index contributed by atoms with van der Waals surface area (Å²) in [6.45, 7) is 2.19. The molecule has 0 aliphatic heterocycles. The van der Waals surface area contributed by atoms with Gasteiger partial charge in [-0.3, -0.25) is 0 Å². The number of rotatable bonds is 2. The summed E-state index contributed by atoms with van der Waals surface area (Å²) in [5.74, 6) is 0. The Balaban J connectivity index is 2.27. The molecular formula is C15H15N2+. The van der Waals surface area contributed by atoms with E-state index in [2.05, 4.69) is 70.9 Å². The van der Waals surface area contributed by atoms with Crippen molar-refractivity contribution in [1.29, 1.82) is 0 Å². The van der Waals surface area contributed by atoms with E-state index in [9.17, 15) is 0 Å². The van der Waals surface area contributed by atoms with E-state index in [1.165, 1.54) is 16.9 Å². The van der Waals surface area contributed by atoms with E-state index in [0.29, 0.717) is 0 Å². The van der Waals surface area contributed by atoms with Gasteiger partial charge in [-0.25, -0.2) is 4.40 Å². The second kappa shape index (κ2) is 4.06. The van der Waals surface area contributed by atoms with E-state index in [0.717, 1.165) is 6.42 Å². The maximum Gasteiger partial charge on any atom is 0.291 e. The predicted molar refractivity (Wildman–Crippen MR) is 68.3 cm³/mol. The molecule has 0 saturated carbocycles. The monoisotopic (exact) mass is 223 g/mol. The number of hydrogen-bond acceptors (Lipinski definition) is 0. The van der Waals surface area contributed by atoms with Crippen molar-refractivity contribution in [3.8, 4) is 5.69 Å². The second-order valence-corrected chi connectivity index (χ2v) is 4.12. The Morgan fingerprint density at radius 1 is 1.00 bits per heavy atom. The number of aromatic nitrogens is 2. The van der Waals surface area contributed by atoms with Gasteiger partial charge in [0.1, 0.15) is 18.1 Å². The lowest BCUT2D eigenvalue weighted by Gasteiger charge is -2.03. The summed E-state index contributed by atoms with van der Waals surface area (Å²) in [5, 5.41) is 0. The zero-order valence-electron chi connectivity index (χ0n) is 9.88. The lowest BCUT2D eigenvalue weighted by molar-refractivity contribution is -0.510. The van der Waals surface area contributed by atoms with Crippen LogP contribution >= 0.6 is 0 Å². The number of pyridine rings is 1. The number of imidazole rings is 1. The Labute approximate surface area is 101 Å². The maximum absolute atomic E-state index is 2.23. The topological polar surface area (TPSA) is 9.03 Å². The molecule has 0 aliphatic rings. The fourth-order valence-electron chi connectivity index (χ4n) is 2.24. The van der Waals surface area contributed by atoms with Crippen LogP contribution in [0.1, 0.15) is 12.5 Å². The first-order chi connectivity index (χ1) is 8.40. The lowest BCUT2D eigenvalue weighted by Crippen LogP contribution is -2.17. The van der Waals surface area contributed by atoms with Crippen LogP contribution in [0.25, 0.3) is 11.3 Å². The molecule has 0 bridgehead atoms. The van der Waals surface area contributed by atoms with Crippen molar-refractivity contribution >= 4 is 5.65 Å². The summed E-state index contributed by atoms with van der Waals surface area (Å²) in [6.07, 6.45) is 7.32. The largest absolute Gasteiger partial charge is 0.291 e. The first-order valence-electron chi connectivity index (χ1n) is 5.96. The van der Waals surface area contributed by atoms with Crippen molar-refractivity contribution < 1.29 is 4.40 Å². The molecule has 0 N–H and O–H groups in total. The van der Waals surface area contributed by atoms with Gasteiger partial charge in [0.2, 0.25) is 0 Å². The molecule has 2 aromatic heterocycles. The van der Waals surface area contributed by atoms with Gasteiger partial charge in [0.05, 0.1) is 6.20 Å². The van der Waals surface area contributed by atoms with Gasteiger partial charge in [0, 0.05) is 6.07 Å². The van der Waals surface area contributed by atoms with Crippen LogP contribution in [0.15, 0.2) is 61.1 Å². The van der Waals surface area contributed by atoms with E-state index >= 15 is 0 Å².